The molecule has 3 amide bonds. The Morgan fingerprint density at radius 2 is 1.66 bits per heavy atom. The number of alkyl carbamates (subject to hydrolysis) is 1. The Kier molecular flexibility index (Phi) is 9.01. The maximum absolute atomic E-state index is 13.7. The third-order valence-corrected chi connectivity index (χ3v) is 5.53. The molecule has 0 aliphatic heterocycles. The third kappa shape index (κ3) is 7.31. The van der Waals surface area contributed by atoms with Gasteiger partial charge in [-0.2, -0.15) is 5.26 Å². The van der Waals surface area contributed by atoms with Crippen LogP contribution < -0.4 is 10.6 Å². The van der Waals surface area contributed by atoms with Crippen LogP contribution in [0.1, 0.15) is 56.0 Å². The highest BCUT2D eigenvalue weighted by Gasteiger charge is 2.35. The summed E-state index contributed by atoms with van der Waals surface area (Å²) in [6.45, 7) is 11.9. The summed E-state index contributed by atoms with van der Waals surface area (Å²) in [5.74, 6) is -1.04. The Morgan fingerprint density at radius 1 is 1.03 bits per heavy atom. The molecule has 0 bridgehead atoms. The van der Waals surface area contributed by atoms with Crippen molar-refractivity contribution in [2.24, 2.45) is 0 Å². The minimum absolute atomic E-state index is 0.349. The minimum atomic E-state index is -1.09. The number of nitriles is 1. The fourth-order valence-electron chi connectivity index (χ4n) is 3.60. The van der Waals surface area contributed by atoms with E-state index in [9.17, 15) is 19.6 Å². The molecule has 35 heavy (non-hydrogen) atoms. The van der Waals surface area contributed by atoms with Crippen molar-refractivity contribution < 1.29 is 19.1 Å². The SMILES string of the molecule is Cc1ccccc1NC(=O)C(c1cccc(C)c1C)N(CC#N)C(=O)C(C)NC(=O)OC(C)(C)C. The summed E-state index contributed by atoms with van der Waals surface area (Å²) in [6.07, 6.45) is -0.761. The van der Waals surface area contributed by atoms with Gasteiger partial charge in [0, 0.05) is 5.69 Å². The second-order valence-electron chi connectivity index (χ2n) is 9.49. The number of anilines is 1. The van der Waals surface area contributed by atoms with Gasteiger partial charge in [-0.05, 0) is 76.8 Å². The van der Waals surface area contributed by atoms with E-state index in [0.717, 1.165) is 16.7 Å². The van der Waals surface area contributed by atoms with Crippen molar-refractivity contribution in [2.75, 3.05) is 11.9 Å². The highest BCUT2D eigenvalue weighted by Crippen LogP contribution is 2.29. The molecule has 8 nitrogen and oxygen atoms in total. The van der Waals surface area contributed by atoms with Crippen LogP contribution in [0.15, 0.2) is 42.5 Å². The molecule has 0 aromatic heterocycles. The van der Waals surface area contributed by atoms with E-state index in [-0.39, 0.29) is 6.54 Å². The van der Waals surface area contributed by atoms with Gasteiger partial charge in [-0.25, -0.2) is 4.79 Å². The molecule has 0 heterocycles. The predicted octanol–water partition coefficient (Wildman–Crippen LogP) is 4.56. The quantitative estimate of drug-likeness (QED) is 0.567. The van der Waals surface area contributed by atoms with Gasteiger partial charge in [0.25, 0.3) is 5.91 Å². The Labute approximate surface area is 207 Å². The zero-order valence-corrected chi connectivity index (χ0v) is 21.4. The number of hydrogen-bond acceptors (Lipinski definition) is 5. The number of benzene rings is 2. The number of nitrogens with zero attached hydrogens (tertiary/aromatic N) is 2. The molecule has 0 radical (unpaired) electrons. The number of rotatable bonds is 7. The second kappa shape index (κ2) is 11.5. The van der Waals surface area contributed by atoms with E-state index in [4.69, 9.17) is 4.74 Å². The summed E-state index contributed by atoms with van der Waals surface area (Å²) < 4.78 is 5.25. The van der Waals surface area contributed by atoms with Crippen LogP contribution in [0.5, 0.6) is 0 Å². The Bertz CT molecular complexity index is 1130. The summed E-state index contributed by atoms with van der Waals surface area (Å²) in [5, 5.41) is 15.0. The molecule has 2 aromatic carbocycles. The highest BCUT2D eigenvalue weighted by molar-refractivity contribution is 5.99. The van der Waals surface area contributed by atoms with Gasteiger partial charge in [0.05, 0.1) is 6.07 Å². The first kappa shape index (κ1) is 27.4. The van der Waals surface area contributed by atoms with Gasteiger partial charge in [-0.1, -0.05) is 36.4 Å². The Balaban J connectivity index is 2.47. The highest BCUT2D eigenvalue weighted by atomic mass is 16.6. The van der Waals surface area contributed by atoms with Crippen LogP contribution in [0.2, 0.25) is 0 Å². The van der Waals surface area contributed by atoms with Gasteiger partial charge >= 0.3 is 6.09 Å². The lowest BCUT2D eigenvalue weighted by atomic mass is 9.95. The summed E-state index contributed by atoms with van der Waals surface area (Å²) in [7, 11) is 0. The van der Waals surface area contributed by atoms with E-state index in [1.54, 1.807) is 39.0 Å². The van der Waals surface area contributed by atoms with Crippen LogP contribution in [0.3, 0.4) is 0 Å². The molecular weight excluding hydrogens is 444 g/mol. The smallest absolute Gasteiger partial charge is 0.408 e. The monoisotopic (exact) mass is 478 g/mol. The summed E-state index contributed by atoms with van der Waals surface area (Å²) >= 11 is 0. The van der Waals surface area contributed by atoms with Gasteiger partial charge in [-0.3, -0.25) is 9.59 Å². The molecule has 2 aromatic rings. The number of amides is 3. The zero-order chi connectivity index (χ0) is 26.3. The molecule has 0 spiro atoms. The van der Waals surface area contributed by atoms with Crippen molar-refractivity contribution in [1.82, 2.24) is 10.2 Å². The molecule has 2 N–H and O–H groups in total. The molecule has 0 aliphatic carbocycles. The second-order valence-corrected chi connectivity index (χ2v) is 9.49. The number of carbonyl (C=O) groups excluding carboxylic acids is 3. The summed E-state index contributed by atoms with van der Waals surface area (Å²) in [6, 6.07) is 12.7. The molecule has 0 aliphatic rings. The molecule has 2 atom stereocenters. The van der Waals surface area contributed by atoms with Gasteiger partial charge in [0.15, 0.2) is 0 Å². The lowest BCUT2D eigenvalue weighted by molar-refractivity contribution is -0.139. The van der Waals surface area contributed by atoms with Gasteiger partial charge < -0.3 is 20.3 Å². The van der Waals surface area contributed by atoms with E-state index in [2.05, 4.69) is 10.6 Å². The van der Waals surface area contributed by atoms with Crippen LogP contribution in [-0.2, 0) is 14.3 Å². The zero-order valence-electron chi connectivity index (χ0n) is 21.4. The molecule has 8 heteroatoms. The Hall–Kier alpha value is -3.86. The predicted molar refractivity (Wildman–Crippen MR) is 135 cm³/mol. The van der Waals surface area contributed by atoms with Gasteiger partial charge in [0.1, 0.15) is 24.2 Å². The van der Waals surface area contributed by atoms with Crippen molar-refractivity contribution >= 4 is 23.6 Å². The normalized spacial score (nSPS) is 12.6. The van der Waals surface area contributed by atoms with E-state index in [0.29, 0.717) is 11.3 Å². The van der Waals surface area contributed by atoms with Crippen molar-refractivity contribution in [2.45, 2.75) is 66.2 Å². The molecule has 2 rings (SSSR count). The maximum Gasteiger partial charge on any atom is 0.408 e. The van der Waals surface area contributed by atoms with E-state index < -0.39 is 35.6 Å². The van der Waals surface area contributed by atoms with Crippen LogP contribution in [0.25, 0.3) is 0 Å². The first-order chi connectivity index (χ1) is 16.4. The fraction of sp³-hybridized carbons (Fsp3) is 0.407. The standard InChI is InChI=1S/C27H34N4O4/c1-17-12-10-13-21(19(17)3)23(24(32)30-22-14-9-8-11-18(22)2)31(16-15-28)25(33)20(4)29-26(34)35-27(5,6)7/h8-14,20,23H,16H2,1-7H3,(H,29,34)(H,30,32). The first-order valence-corrected chi connectivity index (χ1v) is 11.4. The molecule has 0 fully saturated rings. The first-order valence-electron chi connectivity index (χ1n) is 11.4. The largest absolute Gasteiger partial charge is 0.444 e. The number of aryl methyl sites for hydroxylation is 2. The minimum Gasteiger partial charge on any atom is -0.444 e. The molecular formula is C27H34N4O4. The van der Waals surface area contributed by atoms with E-state index in [1.165, 1.54) is 11.8 Å². The average Bonchev–Trinajstić information content (AvgIpc) is 2.76. The van der Waals surface area contributed by atoms with Gasteiger partial charge in [-0.15, -0.1) is 0 Å². The molecule has 0 saturated heterocycles. The number of carbonyl (C=O) groups is 3. The molecule has 2 unspecified atom stereocenters. The van der Waals surface area contributed by atoms with E-state index in [1.807, 2.05) is 51.1 Å². The lowest BCUT2D eigenvalue weighted by Gasteiger charge is -2.33. The third-order valence-electron chi connectivity index (χ3n) is 5.53. The molecule has 0 saturated carbocycles. The van der Waals surface area contributed by atoms with Crippen molar-refractivity contribution in [3.05, 3.63) is 64.7 Å². The lowest BCUT2D eigenvalue weighted by Crippen LogP contribution is -2.51. The van der Waals surface area contributed by atoms with Crippen LogP contribution in [-0.4, -0.2) is 41.0 Å². The maximum atomic E-state index is 13.7. The topological polar surface area (TPSA) is 112 Å². The number of nitrogens with one attached hydrogen (secondary N) is 2. The van der Waals surface area contributed by atoms with E-state index >= 15 is 0 Å². The van der Waals surface area contributed by atoms with Gasteiger partial charge in [0.2, 0.25) is 5.91 Å². The van der Waals surface area contributed by atoms with Crippen molar-refractivity contribution in [3.8, 4) is 6.07 Å². The number of para-hydroxylation sites is 1. The van der Waals surface area contributed by atoms with Crippen LogP contribution in [0.4, 0.5) is 10.5 Å². The summed E-state index contributed by atoms with van der Waals surface area (Å²) in [4.78, 5) is 40.6. The Morgan fingerprint density at radius 3 is 2.26 bits per heavy atom. The summed E-state index contributed by atoms with van der Waals surface area (Å²) in [5.41, 5.74) is 3.11. The number of hydrogen-bond donors (Lipinski definition) is 2. The number of ether oxygens (including phenoxy) is 1. The fourth-order valence-corrected chi connectivity index (χ4v) is 3.60. The average molecular weight is 479 g/mol. The van der Waals surface area contributed by atoms with Crippen molar-refractivity contribution in [3.63, 3.8) is 0 Å². The van der Waals surface area contributed by atoms with Crippen molar-refractivity contribution in [1.29, 1.82) is 5.26 Å². The van der Waals surface area contributed by atoms with Crippen LogP contribution >= 0.6 is 0 Å². The van der Waals surface area contributed by atoms with Crippen LogP contribution in [0, 0.1) is 32.1 Å². The molecule has 186 valence electrons.